The van der Waals surface area contributed by atoms with Gasteiger partial charge in [-0.3, -0.25) is 4.79 Å². The summed E-state index contributed by atoms with van der Waals surface area (Å²) in [5, 5.41) is 11.8. The van der Waals surface area contributed by atoms with Gasteiger partial charge >= 0.3 is 0 Å². The van der Waals surface area contributed by atoms with Gasteiger partial charge in [0.2, 0.25) is 0 Å². The van der Waals surface area contributed by atoms with Gasteiger partial charge in [0.1, 0.15) is 5.60 Å². The number of aliphatic hydroxyl groups is 1. The zero-order chi connectivity index (χ0) is 9.99. The molecule has 0 aliphatic heterocycles. The zero-order valence-corrected chi connectivity index (χ0v) is 8.14. The molecule has 0 bridgehead atoms. The average molecular weight is 174 g/mol. The summed E-state index contributed by atoms with van der Waals surface area (Å²) in [5.41, 5.74) is 3.86. The molecule has 0 saturated heterocycles. The van der Waals surface area contributed by atoms with Crippen molar-refractivity contribution in [2.75, 3.05) is 6.54 Å². The van der Waals surface area contributed by atoms with Crippen LogP contribution in [-0.2, 0) is 4.79 Å². The molecule has 0 atom stereocenters. The Bertz CT molecular complexity index is 165. The molecule has 4 nitrogen and oxygen atoms in total. The maximum Gasteiger partial charge on any atom is 0.251 e. The van der Waals surface area contributed by atoms with Crippen LogP contribution in [0.15, 0.2) is 0 Å². The maximum atomic E-state index is 11.1. The van der Waals surface area contributed by atoms with Crippen molar-refractivity contribution in [2.24, 2.45) is 5.73 Å². The Morgan fingerprint density at radius 3 is 2.08 bits per heavy atom. The third kappa shape index (κ3) is 5.09. The quantitative estimate of drug-likeness (QED) is 0.545. The standard InChI is InChI=1S/C8H18N2O2/c1-7(2,9)5-10-6(11)8(3,4)12/h12H,5,9H2,1-4H3,(H,10,11). The van der Waals surface area contributed by atoms with E-state index >= 15 is 0 Å². The molecule has 0 aromatic heterocycles. The Morgan fingerprint density at radius 2 is 1.83 bits per heavy atom. The van der Waals surface area contributed by atoms with E-state index in [-0.39, 0.29) is 0 Å². The molecule has 0 fully saturated rings. The second kappa shape index (κ2) is 3.41. The predicted octanol–water partition coefficient (Wildman–Crippen LogP) is -0.389. The summed E-state index contributed by atoms with van der Waals surface area (Å²) in [5.74, 6) is -0.402. The molecule has 0 aliphatic rings. The lowest BCUT2D eigenvalue weighted by Gasteiger charge is -2.22. The molecule has 4 N–H and O–H groups in total. The van der Waals surface area contributed by atoms with Crippen molar-refractivity contribution in [3.8, 4) is 0 Å². The fourth-order valence-corrected chi connectivity index (χ4v) is 0.524. The molecule has 12 heavy (non-hydrogen) atoms. The third-order valence-electron chi connectivity index (χ3n) is 1.26. The maximum absolute atomic E-state index is 11.1. The minimum Gasteiger partial charge on any atom is -0.381 e. The number of rotatable bonds is 3. The summed E-state index contributed by atoms with van der Waals surface area (Å²) in [4.78, 5) is 11.1. The molecular weight excluding hydrogens is 156 g/mol. The molecule has 0 rings (SSSR count). The highest BCUT2D eigenvalue weighted by molar-refractivity contribution is 5.83. The Balaban J connectivity index is 3.90. The second-order valence-electron chi connectivity index (χ2n) is 4.23. The average Bonchev–Trinajstić information content (AvgIpc) is 1.78. The Kier molecular flexibility index (Phi) is 3.24. The topological polar surface area (TPSA) is 75.3 Å². The highest BCUT2D eigenvalue weighted by Crippen LogP contribution is 2.01. The SMILES string of the molecule is CC(C)(N)CNC(=O)C(C)(C)O. The molecule has 0 spiro atoms. The van der Waals surface area contributed by atoms with Gasteiger partial charge in [0.25, 0.3) is 5.91 Å². The molecule has 4 heteroatoms. The van der Waals surface area contributed by atoms with Crippen LogP contribution in [0.4, 0.5) is 0 Å². The molecule has 0 unspecified atom stereocenters. The van der Waals surface area contributed by atoms with Crippen molar-refractivity contribution in [3.05, 3.63) is 0 Å². The van der Waals surface area contributed by atoms with E-state index in [2.05, 4.69) is 5.32 Å². The number of carbonyl (C=O) groups excluding carboxylic acids is 1. The summed E-state index contributed by atoms with van der Waals surface area (Å²) in [6.07, 6.45) is 0. The molecule has 0 heterocycles. The van der Waals surface area contributed by atoms with Crippen molar-refractivity contribution < 1.29 is 9.90 Å². The normalized spacial score (nSPS) is 12.8. The van der Waals surface area contributed by atoms with Gasteiger partial charge in [-0.1, -0.05) is 0 Å². The predicted molar refractivity (Wildman–Crippen MR) is 47.6 cm³/mol. The van der Waals surface area contributed by atoms with Gasteiger partial charge < -0.3 is 16.2 Å². The van der Waals surface area contributed by atoms with Crippen LogP contribution in [0, 0.1) is 0 Å². The van der Waals surface area contributed by atoms with Crippen LogP contribution < -0.4 is 11.1 Å². The molecule has 1 amide bonds. The Labute approximate surface area is 73.1 Å². The lowest BCUT2D eigenvalue weighted by atomic mass is 10.1. The van der Waals surface area contributed by atoms with Crippen LogP contribution in [0.1, 0.15) is 27.7 Å². The van der Waals surface area contributed by atoms with E-state index in [0.29, 0.717) is 6.54 Å². The highest BCUT2D eigenvalue weighted by atomic mass is 16.3. The van der Waals surface area contributed by atoms with Crippen molar-refractivity contribution >= 4 is 5.91 Å². The van der Waals surface area contributed by atoms with Crippen molar-refractivity contribution in [3.63, 3.8) is 0 Å². The lowest BCUT2D eigenvalue weighted by Crippen LogP contribution is -2.50. The van der Waals surface area contributed by atoms with Crippen LogP contribution >= 0.6 is 0 Å². The fourth-order valence-electron chi connectivity index (χ4n) is 0.524. The largest absolute Gasteiger partial charge is 0.381 e. The Hall–Kier alpha value is -0.610. The lowest BCUT2D eigenvalue weighted by molar-refractivity contribution is -0.136. The van der Waals surface area contributed by atoms with Crippen molar-refractivity contribution in [1.82, 2.24) is 5.32 Å². The first-order valence-corrected chi connectivity index (χ1v) is 3.92. The molecule has 0 aliphatic carbocycles. The summed E-state index contributed by atoms with van der Waals surface area (Å²) in [6.45, 7) is 6.84. The van der Waals surface area contributed by atoms with E-state index in [1.54, 1.807) is 13.8 Å². The van der Waals surface area contributed by atoms with Gasteiger partial charge in [-0.15, -0.1) is 0 Å². The van der Waals surface area contributed by atoms with E-state index in [0.717, 1.165) is 0 Å². The molecule has 0 radical (unpaired) electrons. The number of hydrogen-bond acceptors (Lipinski definition) is 3. The first kappa shape index (κ1) is 11.4. The van der Waals surface area contributed by atoms with Crippen LogP contribution in [0.2, 0.25) is 0 Å². The van der Waals surface area contributed by atoms with E-state index in [9.17, 15) is 9.90 Å². The van der Waals surface area contributed by atoms with Crippen LogP contribution in [0.5, 0.6) is 0 Å². The fraction of sp³-hybridized carbons (Fsp3) is 0.875. The summed E-state index contributed by atoms with van der Waals surface area (Å²) < 4.78 is 0. The van der Waals surface area contributed by atoms with E-state index in [1.807, 2.05) is 0 Å². The minimum absolute atomic E-state index is 0.357. The highest BCUT2D eigenvalue weighted by Gasteiger charge is 2.24. The van der Waals surface area contributed by atoms with Gasteiger partial charge in [-0.05, 0) is 27.7 Å². The Morgan fingerprint density at radius 1 is 1.42 bits per heavy atom. The van der Waals surface area contributed by atoms with Gasteiger partial charge in [0.15, 0.2) is 0 Å². The number of carbonyl (C=O) groups is 1. The summed E-state index contributed by atoms with van der Waals surface area (Å²) in [7, 11) is 0. The second-order valence-corrected chi connectivity index (χ2v) is 4.23. The first-order chi connectivity index (χ1) is 5.13. The summed E-state index contributed by atoms with van der Waals surface area (Å²) in [6, 6.07) is 0. The molecule has 0 aromatic rings. The van der Waals surface area contributed by atoms with Gasteiger partial charge in [-0.2, -0.15) is 0 Å². The van der Waals surface area contributed by atoms with Crippen molar-refractivity contribution in [2.45, 2.75) is 38.8 Å². The minimum atomic E-state index is -1.33. The van der Waals surface area contributed by atoms with Crippen LogP contribution in [-0.4, -0.2) is 28.7 Å². The molecule has 0 saturated carbocycles. The molecule has 0 aromatic carbocycles. The van der Waals surface area contributed by atoms with Gasteiger partial charge in [0.05, 0.1) is 0 Å². The zero-order valence-electron chi connectivity index (χ0n) is 8.14. The first-order valence-electron chi connectivity index (χ1n) is 3.92. The number of nitrogens with one attached hydrogen (secondary N) is 1. The van der Waals surface area contributed by atoms with Gasteiger partial charge in [0, 0.05) is 12.1 Å². The smallest absolute Gasteiger partial charge is 0.251 e. The molecular formula is C8H18N2O2. The van der Waals surface area contributed by atoms with Gasteiger partial charge in [-0.25, -0.2) is 0 Å². The number of amides is 1. The molecule has 72 valence electrons. The van der Waals surface area contributed by atoms with E-state index < -0.39 is 17.0 Å². The van der Waals surface area contributed by atoms with E-state index in [4.69, 9.17) is 5.73 Å². The third-order valence-corrected chi connectivity index (χ3v) is 1.26. The van der Waals surface area contributed by atoms with Crippen molar-refractivity contribution in [1.29, 1.82) is 0 Å². The van der Waals surface area contributed by atoms with E-state index in [1.165, 1.54) is 13.8 Å². The monoisotopic (exact) mass is 174 g/mol. The van der Waals surface area contributed by atoms with Crippen LogP contribution in [0.3, 0.4) is 0 Å². The number of nitrogens with two attached hydrogens (primary N) is 1. The number of hydrogen-bond donors (Lipinski definition) is 3. The summed E-state index contributed by atoms with van der Waals surface area (Å²) >= 11 is 0. The van der Waals surface area contributed by atoms with Crippen LogP contribution in [0.25, 0.3) is 0 Å².